The molecule has 0 aliphatic heterocycles. The van der Waals surface area contributed by atoms with E-state index in [0.717, 1.165) is 11.8 Å². The van der Waals surface area contributed by atoms with Gasteiger partial charge in [-0.05, 0) is 35.9 Å². The second kappa shape index (κ2) is 7.36. The fraction of sp³-hybridized carbons (Fsp3) is 0.278. The van der Waals surface area contributed by atoms with Gasteiger partial charge in [0.2, 0.25) is 0 Å². The van der Waals surface area contributed by atoms with Crippen LogP contribution < -0.4 is 5.32 Å². The van der Waals surface area contributed by atoms with Crippen LogP contribution in [-0.2, 0) is 15.3 Å². The molecule has 0 heterocycles. The van der Waals surface area contributed by atoms with Crippen LogP contribution >= 0.6 is 23.2 Å². The number of sulfone groups is 1. The summed E-state index contributed by atoms with van der Waals surface area (Å²) in [7, 11) is -3.36. The van der Waals surface area contributed by atoms with E-state index in [1.165, 1.54) is 12.1 Å². The van der Waals surface area contributed by atoms with Gasteiger partial charge in [0.1, 0.15) is 0 Å². The summed E-state index contributed by atoms with van der Waals surface area (Å²) in [6.07, 6.45) is 1.11. The lowest BCUT2D eigenvalue weighted by Gasteiger charge is -2.26. The molecule has 2 rings (SSSR count). The lowest BCUT2D eigenvalue weighted by atomic mass is 9.84. The molecule has 2 aromatic carbocycles. The summed E-state index contributed by atoms with van der Waals surface area (Å²) in [5.74, 6) is -0.335. The quantitative estimate of drug-likeness (QED) is 0.822. The van der Waals surface area contributed by atoms with Gasteiger partial charge in [-0.2, -0.15) is 0 Å². The van der Waals surface area contributed by atoms with E-state index in [0.29, 0.717) is 22.2 Å². The number of hydrogen-bond acceptors (Lipinski definition) is 3. The largest absolute Gasteiger partial charge is 0.351 e. The fourth-order valence-corrected chi connectivity index (χ4v) is 3.26. The van der Waals surface area contributed by atoms with Crippen molar-refractivity contribution in [3.63, 3.8) is 0 Å². The average Bonchev–Trinajstić information content (AvgIpc) is 2.54. The zero-order valence-corrected chi connectivity index (χ0v) is 16.5. The maximum Gasteiger partial charge on any atom is 0.251 e. The van der Waals surface area contributed by atoms with Crippen LogP contribution in [0.1, 0.15) is 29.8 Å². The molecule has 7 heteroatoms. The smallest absolute Gasteiger partial charge is 0.251 e. The molecule has 0 bridgehead atoms. The van der Waals surface area contributed by atoms with Gasteiger partial charge >= 0.3 is 0 Å². The zero-order chi connectivity index (χ0) is 18.8. The summed E-state index contributed by atoms with van der Waals surface area (Å²) >= 11 is 12.0. The van der Waals surface area contributed by atoms with Gasteiger partial charge in [-0.1, -0.05) is 49.2 Å². The molecular weight excluding hydrogens is 381 g/mol. The second-order valence-corrected chi connectivity index (χ2v) is 9.33. The van der Waals surface area contributed by atoms with E-state index in [2.05, 4.69) is 5.32 Å². The number of carbonyl (C=O) groups excluding carboxylic acids is 1. The van der Waals surface area contributed by atoms with E-state index < -0.39 is 9.84 Å². The Bertz CT molecular complexity index is 908. The lowest BCUT2D eigenvalue weighted by Crippen LogP contribution is -2.36. The minimum absolute atomic E-state index is 0.115. The van der Waals surface area contributed by atoms with Gasteiger partial charge in [-0.15, -0.1) is 0 Å². The van der Waals surface area contributed by atoms with E-state index >= 15 is 0 Å². The fourth-order valence-electron chi connectivity index (χ4n) is 2.29. The summed E-state index contributed by atoms with van der Waals surface area (Å²) in [6, 6.07) is 11.3. The van der Waals surface area contributed by atoms with Crippen LogP contribution in [-0.4, -0.2) is 27.1 Å². The van der Waals surface area contributed by atoms with Crippen LogP contribution in [0.15, 0.2) is 47.4 Å². The van der Waals surface area contributed by atoms with Crippen LogP contribution in [0.2, 0.25) is 10.0 Å². The third-order valence-corrected chi connectivity index (χ3v) is 5.77. The Balaban J connectivity index is 2.14. The van der Waals surface area contributed by atoms with Gasteiger partial charge in [-0.25, -0.2) is 8.42 Å². The predicted octanol–water partition coefficient (Wildman–Crippen LogP) is 4.10. The molecule has 0 atom stereocenters. The molecule has 134 valence electrons. The Hall–Kier alpha value is -1.56. The van der Waals surface area contributed by atoms with Crippen molar-refractivity contribution in [1.29, 1.82) is 0 Å². The number of nitrogens with one attached hydrogen (secondary N) is 1. The van der Waals surface area contributed by atoms with E-state index in [4.69, 9.17) is 23.2 Å². The molecule has 0 saturated heterocycles. The number of benzene rings is 2. The Morgan fingerprint density at radius 3 is 2.36 bits per heavy atom. The SMILES string of the molecule is CC(C)(CNC(=O)c1cccc(S(C)(=O)=O)c1)c1ccc(Cl)c(Cl)c1. The Kier molecular flexibility index (Phi) is 5.82. The molecule has 0 aliphatic carbocycles. The summed E-state index contributed by atoms with van der Waals surface area (Å²) < 4.78 is 23.2. The van der Waals surface area contributed by atoms with Crippen molar-refractivity contribution in [2.75, 3.05) is 12.8 Å². The molecule has 1 amide bonds. The van der Waals surface area contributed by atoms with Crippen molar-refractivity contribution in [1.82, 2.24) is 5.32 Å². The van der Waals surface area contributed by atoms with Crippen molar-refractivity contribution in [2.24, 2.45) is 0 Å². The first-order valence-electron chi connectivity index (χ1n) is 7.54. The topological polar surface area (TPSA) is 63.2 Å². The van der Waals surface area contributed by atoms with Gasteiger partial charge in [0.05, 0.1) is 14.9 Å². The second-order valence-electron chi connectivity index (χ2n) is 6.50. The molecule has 2 aromatic rings. The maximum atomic E-state index is 12.4. The molecule has 0 aromatic heterocycles. The van der Waals surface area contributed by atoms with Crippen LogP contribution in [0.3, 0.4) is 0 Å². The first-order chi connectivity index (χ1) is 11.5. The van der Waals surface area contributed by atoms with Crippen molar-refractivity contribution in [2.45, 2.75) is 24.2 Å². The Morgan fingerprint density at radius 1 is 1.08 bits per heavy atom. The highest BCUT2D eigenvalue weighted by Crippen LogP contribution is 2.29. The van der Waals surface area contributed by atoms with Gasteiger partial charge in [-0.3, -0.25) is 4.79 Å². The van der Waals surface area contributed by atoms with E-state index in [-0.39, 0.29) is 16.2 Å². The first-order valence-corrected chi connectivity index (χ1v) is 10.2. The van der Waals surface area contributed by atoms with Gasteiger partial charge in [0.25, 0.3) is 5.91 Å². The minimum Gasteiger partial charge on any atom is -0.351 e. The van der Waals surface area contributed by atoms with Gasteiger partial charge in [0.15, 0.2) is 9.84 Å². The van der Waals surface area contributed by atoms with E-state index in [9.17, 15) is 13.2 Å². The maximum absolute atomic E-state index is 12.4. The molecule has 0 saturated carbocycles. The highest BCUT2D eigenvalue weighted by Gasteiger charge is 2.23. The monoisotopic (exact) mass is 399 g/mol. The summed E-state index contributed by atoms with van der Waals surface area (Å²) in [5.41, 5.74) is 0.859. The van der Waals surface area contributed by atoms with Crippen molar-refractivity contribution in [3.8, 4) is 0 Å². The van der Waals surface area contributed by atoms with Crippen molar-refractivity contribution in [3.05, 3.63) is 63.6 Å². The van der Waals surface area contributed by atoms with Crippen LogP contribution in [0.4, 0.5) is 0 Å². The van der Waals surface area contributed by atoms with Crippen LogP contribution in [0, 0.1) is 0 Å². The summed E-state index contributed by atoms with van der Waals surface area (Å²) in [6.45, 7) is 4.30. The third kappa shape index (κ3) is 4.97. The number of rotatable bonds is 5. The molecular formula is C18H19Cl2NO3S. The molecule has 0 radical (unpaired) electrons. The summed E-state index contributed by atoms with van der Waals surface area (Å²) in [4.78, 5) is 12.5. The molecule has 0 unspecified atom stereocenters. The predicted molar refractivity (Wildman–Crippen MR) is 101 cm³/mol. The van der Waals surface area contributed by atoms with Crippen molar-refractivity contribution < 1.29 is 13.2 Å². The average molecular weight is 400 g/mol. The summed E-state index contributed by atoms with van der Waals surface area (Å²) in [5, 5.41) is 3.77. The highest BCUT2D eigenvalue weighted by molar-refractivity contribution is 7.90. The number of carbonyl (C=O) groups is 1. The Labute approximate surface area is 158 Å². The molecule has 25 heavy (non-hydrogen) atoms. The van der Waals surface area contributed by atoms with Gasteiger partial charge in [0, 0.05) is 23.8 Å². The van der Waals surface area contributed by atoms with E-state index in [1.54, 1.807) is 24.3 Å². The van der Waals surface area contributed by atoms with Crippen LogP contribution in [0.5, 0.6) is 0 Å². The number of amides is 1. The number of halogens is 2. The van der Waals surface area contributed by atoms with E-state index in [1.807, 2.05) is 19.9 Å². The standard InChI is InChI=1S/C18H19Cl2NO3S/c1-18(2,13-7-8-15(19)16(20)10-13)11-21-17(22)12-5-4-6-14(9-12)25(3,23)24/h4-10H,11H2,1-3H3,(H,21,22). The molecule has 1 N–H and O–H groups in total. The zero-order valence-electron chi connectivity index (χ0n) is 14.1. The van der Waals surface area contributed by atoms with Crippen LogP contribution in [0.25, 0.3) is 0 Å². The minimum atomic E-state index is -3.36. The van der Waals surface area contributed by atoms with Gasteiger partial charge < -0.3 is 5.32 Å². The normalized spacial score (nSPS) is 12.0. The molecule has 0 fully saturated rings. The Morgan fingerprint density at radius 2 is 1.76 bits per heavy atom. The number of hydrogen-bond donors (Lipinski definition) is 1. The highest BCUT2D eigenvalue weighted by atomic mass is 35.5. The molecule has 0 aliphatic rings. The third-order valence-electron chi connectivity index (χ3n) is 3.92. The van der Waals surface area contributed by atoms with Crippen molar-refractivity contribution >= 4 is 38.9 Å². The first kappa shape index (κ1) is 19.8. The lowest BCUT2D eigenvalue weighted by molar-refractivity contribution is 0.0945. The molecule has 0 spiro atoms. The molecule has 4 nitrogen and oxygen atoms in total.